The number of nitrogens with zero attached hydrogens (tertiary/aromatic N) is 1. The van der Waals surface area contributed by atoms with E-state index in [4.69, 9.17) is 10.5 Å². The van der Waals surface area contributed by atoms with Crippen molar-refractivity contribution in [3.05, 3.63) is 35.9 Å². The molecular weight excluding hydrogens is 252 g/mol. The first-order valence-electron chi connectivity index (χ1n) is 7.33. The van der Waals surface area contributed by atoms with Crippen LogP contribution in [0.1, 0.15) is 25.3 Å². The molecule has 0 saturated carbocycles. The molecule has 4 heteroatoms. The van der Waals surface area contributed by atoms with Gasteiger partial charge in [-0.2, -0.15) is 0 Å². The Bertz CT molecular complexity index is 422. The standard InChI is InChI=1S/C16H24N2O2/c1-13(10-18-9-5-8-15(17)11-18)16(19)20-12-14-6-3-2-4-7-14/h2-4,6-7,13,15H,5,8-12,17H2,1H3/t13?,15-/m1/s1. The summed E-state index contributed by atoms with van der Waals surface area (Å²) < 4.78 is 5.36. The van der Waals surface area contributed by atoms with Gasteiger partial charge >= 0.3 is 5.97 Å². The number of hydrogen-bond acceptors (Lipinski definition) is 4. The largest absolute Gasteiger partial charge is 0.461 e. The Kier molecular flexibility index (Phi) is 5.56. The molecule has 1 unspecified atom stereocenters. The van der Waals surface area contributed by atoms with Crippen molar-refractivity contribution in [3.8, 4) is 0 Å². The van der Waals surface area contributed by atoms with Crippen molar-refractivity contribution in [2.45, 2.75) is 32.4 Å². The van der Waals surface area contributed by atoms with E-state index in [9.17, 15) is 4.79 Å². The van der Waals surface area contributed by atoms with E-state index in [0.29, 0.717) is 6.61 Å². The molecule has 110 valence electrons. The van der Waals surface area contributed by atoms with Gasteiger partial charge < -0.3 is 15.4 Å². The van der Waals surface area contributed by atoms with E-state index in [1.165, 1.54) is 0 Å². The summed E-state index contributed by atoms with van der Waals surface area (Å²) in [6, 6.07) is 10.0. The van der Waals surface area contributed by atoms with Gasteiger partial charge in [0.25, 0.3) is 0 Å². The van der Waals surface area contributed by atoms with Crippen LogP contribution in [0.3, 0.4) is 0 Å². The van der Waals surface area contributed by atoms with Crippen LogP contribution in [0.2, 0.25) is 0 Å². The molecule has 2 N–H and O–H groups in total. The van der Waals surface area contributed by atoms with Crippen molar-refractivity contribution in [1.82, 2.24) is 4.90 Å². The molecule has 0 radical (unpaired) electrons. The summed E-state index contributed by atoms with van der Waals surface area (Å²) in [5.74, 6) is -0.239. The topological polar surface area (TPSA) is 55.6 Å². The van der Waals surface area contributed by atoms with Crippen molar-refractivity contribution in [3.63, 3.8) is 0 Å². The van der Waals surface area contributed by atoms with Crippen LogP contribution in [0.15, 0.2) is 30.3 Å². The first kappa shape index (κ1) is 15.0. The summed E-state index contributed by atoms with van der Waals surface area (Å²) in [5.41, 5.74) is 6.98. The number of carbonyl (C=O) groups excluding carboxylic acids is 1. The Hall–Kier alpha value is -1.39. The lowest BCUT2D eigenvalue weighted by Gasteiger charge is -2.31. The van der Waals surface area contributed by atoms with Gasteiger partial charge in [0, 0.05) is 19.1 Å². The normalized spacial score (nSPS) is 21.4. The molecule has 2 rings (SSSR count). The minimum absolute atomic E-state index is 0.107. The maximum Gasteiger partial charge on any atom is 0.310 e. The van der Waals surface area contributed by atoms with Gasteiger partial charge in [-0.1, -0.05) is 37.3 Å². The van der Waals surface area contributed by atoms with Gasteiger partial charge in [0.05, 0.1) is 5.92 Å². The molecule has 1 aromatic carbocycles. The Morgan fingerprint density at radius 3 is 2.90 bits per heavy atom. The van der Waals surface area contributed by atoms with E-state index in [-0.39, 0.29) is 17.9 Å². The molecule has 1 saturated heterocycles. The maximum atomic E-state index is 12.0. The van der Waals surface area contributed by atoms with Gasteiger partial charge in [-0.3, -0.25) is 4.79 Å². The fraction of sp³-hybridized carbons (Fsp3) is 0.562. The van der Waals surface area contributed by atoms with Crippen molar-refractivity contribution >= 4 is 5.97 Å². The zero-order chi connectivity index (χ0) is 14.4. The van der Waals surface area contributed by atoms with Gasteiger partial charge in [-0.25, -0.2) is 0 Å². The van der Waals surface area contributed by atoms with Gasteiger partial charge in [-0.05, 0) is 24.9 Å². The van der Waals surface area contributed by atoms with Crippen molar-refractivity contribution < 1.29 is 9.53 Å². The molecule has 1 aliphatic heterocycles. The smallest absolute Gasteiger partial charge is 0.310 e. The minimum atomic E-state index is -0.131. The second-order valence-electron chi connectivity index (χ2n) is 5.66. The van der Waals surface area contributed by atoms with Crippen molar-refractivity contribution in [2.24, 2.45) is 11.7 Å². The fourth-order valence-corrected chi connectivity index (χ4v) is 2.59. The first-order valence-corrected chi connectivity index (χ1v) is 7.33. The van der Waals surface area contributed by atoms with E-state index >= 15 is 0 Å². The highest BCUT2D eigenvalue weighted by Crippen LogP contribution is 2.12. The molecule has 1 aliphatic rings. The lowest BCUT2D eigenvalue weighted by atomic mass is 10.0. The van der Waals surface area contributed by atoms with E-state index in [0.717, 1.165) is 38.0 Å². The quantitative estimate of drug-likeness (QED) is 0.833. The summed E-state index contributed by atoms with van der Waals surface area (Å²) in [7, 11) is 0. The van der Waals surface area contributed by atoms with Gasteiger partial charge in [0.2, 0.25) is 0 Å². The zero-order valence-electron chi connectivity index (χ0n) is 12.1. The number of hydrogen-bond donors (Lipinski definition) is 1. The summed E-state index contributed by atoms with van der Waals surface area (Å²) in [6.45, 7) is 4.93. The molecule has 20 heavy (non-hydrogen) atoms. The molecular formula is C16H24N2O2. The third-order valence-corrected chi connectivity index (χ3v) is 3.70. The number of piperidine rings is 1. The molecule has 1 aromatic rings. The molecule has 0 bridgehead atoms. The summed E-state index contributed by atoms with van der Waals surface area (Å²) in [6.07, 6.45) is 2.20. The van der Waals surface area contributed by atoms with Crippen LogP contribution in [-0.4, -0.2) is 36.5 Å². The van der Waals surface area contributed by atoms with Gasteiger partial charge in [0.15, 0.2) is 0 Å². The molecule has 0 spiro atoms. The third-order valence-electron chi connectivity index (χ3n) is 3.70. The van der Waals surface area contributed by atoms with E-state index in [2.05, 4.69) is 4.90 Å². The molecule has 1 heterocycles. The Balaban J connectivity index is 1.74. The predicted octanol–water partition coefficient (Wildman–Crippen LogP) is 1.79. The van der Waals surface area contributed by atoms with Crippen LogP contribution in [-0.2, 0) is 16.1 Å². The number of carbonyl (C=O) groups is 1. The molecule has 0 aliphatic carbocycles. The SMILES string of the molecule is CC(CN1CCC[C@@H](N)C1)C(=O)OCc1ccccc1. The monoisotopic (exact) mass is 276 g/mol. The summed E-state index contributed by atoms with van der Waals surface area (Å²) in [4.78, 5) is 14.3. The first-order chi connectivity index (χ1) is 9.65. The highest BCUT2D eigenvalue weighted by Gasteiger charge is 2.22. The number of rotatable bonds is 5. The lowest BCUT2D eigenvalue weighted by molar-refractivity contribution is -0.150. The summed E-state index contributed by atoms with van der Waals surface area (Å²) >= 11 is 0. The fourth-order valence-electron chi connectivity index (χ4n) is 2.59. The molecule has 0 aromatic heterocycles. The Morgan fingerprint density at radius 1 is 1.45 bits per heavy atom. The zero-order valence-corrected chi connectivity index (χ0v) is 12.1. The Labute approximate surface area is 120 Å². The van der Waals surface area contributed by atoms with E-state index < -0.39 is 0 Å². The van der Waals surface area contributed by atoms with Crippen LogP contribution in [0, 0.1) is 5.92 Å². The third kappa shape index (κ3) is 4.62. The van der Waals surface area contributed by atoms with Crippen LogP contribution in [0.25, 0.3) is 0 Å². The molecule has 4 nitrogen and oxygen atoms in total. The molecule has 2 atom stereocenters. The number of benzene rings is 1. The number of esters is 1. The Morgan fingerprint density at radius 2 is 2.20 bits per heavy atom. The highest BCUT2D eigenvalue weighted by molar-refractivity contribution is 5.72. The maximum absolute atomic E-state index is 12.0. The van der Waals surface area contributed by atoms with Gasteiger partial charge in [0.1, 0.15) is 6.61 Å². The van der Waals surface area contributed by atoms with E-state index in [1.807, 2.05) is 37.3 Å². The minimum Gasteiger partial charge on any atom is -0.461 e. The average molecular weight is 276 g/mol. The van der Waals surface area contributed by atoms with Crippen LogP contribution in [0.5, 0.6) is 0 Å². The second kappa shape index (κ2) is 7.41. The number of nitrogens with two attached hydrogens (primary N) is 1. The molecule has 1 fully saturated rings. The number of likely N-dealkylation sites (tertiary alicyclic amines) is 1. The van der Waals surface area contributed by atoms with Crippen LogP contribution in [0.4, 0.5) is 0 Å². The number of ether oxygens (including phenoxy) is 1. The lowest BCUT2D eigenvalue weighted by Crippen LogP contribution is -2.45. The molecule has 0 amide bonds. The highest BCUT2D eigenvalue weighted by atomic mass is 16.5. The van der Waals surface area contributed by atoms with Gasteiger partial charge in [-0.15, -0.1) is 0 Å². The van der Waals surface area contributed by atoms with Crippen LogP contribution < -0.4 is 5.73 Å². The average Bonchev–Trinajstić information content (AvgIpc) is 2.46. The predicted molar refractivity (Wildman–Crippen MR) is 79.1 cm³/mol. The van der Waals surface area contributed by atoms with E-state index in [1.54, 1.807) is 0 Å². The van der Waals surface area contributed by atoms with Crippen molar-refractivity contribution in [1.29, 1.82) is 0 Å². The second-order valence-corrected chi connectivity index (χ2v) is 5.66. The summed E-state index contributed by atoms with van der Waals surface area (Å²) in [5, 5.41) is 0. The van der Waals surface area contributed by atoms with Crippen molar-refractivity contribution in [2.75, 3.05) is 19.6 Å². The van der Waals surface area contributed by atoms with Crippen LogP contribution >= 0.6 is 0 Å².